The van der Waals surface area contributed by atoms with Gasteiger partial charge in [-0.1, -0.05) is 41.1 Å². The van der Waals surface area contributed by atoms with Gasteiger partial charge in [0, 0.05) is 36.2 Å². The van der Waals surface area contributed by atoms with E-state index < -0.39 is 0 Å². The summed E-state index contributed by atoms with van der Waals surface area (Å²) in [5, 5.41) is 8.96. The lowest BCUT2D eigenvalue weighted by Gasteiger charge is -2.23. The van der Waals surface area contributed by atoms with E-state index in [9.17, 15) is 4.79 Å². The maximum atomic E-state index is 12.6. The van der Waals surface area contributed by atoms with Gasteiger partial charge in [-0.25, -0.2) is 0 Å². The summed E-state index contributed by atoms with van der Waals surface area (Å²) in [7, 11) is 0. The molecule has 1 atom stereocenters. The van der Waals surface area contributed by atoms with Gasteiger partial charge in [-0.15, -0.1) is 11.3 Å². The van der Waals surface area contributed by atoms with Crippen molar-refractivity contribution in [3.63, 3.8) is 0 Å². The fraction of sp³-hybridized carbons (Fsp3) is 0.364. The zero-order valence-corrected chi connectivity index (χ0v) is 17.3. The van der Waals surface area contributed by atoms with Gasteiger partial charge in [0.05, 0.1) is 12.6 Å². The molecule has 7 heteroatoms. The molecule has 2 aromatic heterocycles. The van der Waals surface area contributed by atoms with Crippen molar-refractivity contribution >= 4 is 23.1 Å². The number of benzene rings is 1. The van der Waals surface area contributed by atoms with E-state index in [1.54, 1.807) is 17.4 Å². The van der Waals surface area contributed by atoms with Gasteiger partial charge in [0.2, 0.25) is 11.8 Å². The van der Waals surface area contributed by atoms with Crippen LogP contribution in [0.1, 0.15) is 23.3 Å². The number of thiophene rings is 1. The molecule has 3 aromatic rings. The second kappa shape index (κ2) is 9.35. The minimum atomic E-state index is -0.119. The van der Waals surface area contributed by atoms with Crippen LogP contribution in [-0.2, 0) is 16.1 Å². The molecule has 6 nitrogen and oxygen atoms in total. The Balaban J connectivity index is 1.37. The highest BCUT2D eigenvalue weighted by molar-refractivity contribution is 7.09. The summed E-state index contributed by atoms with van der Waals surface area (Å²) in [6.45, 7) is 4.60. The van der Waals surface area contributed by atoms with Crippen molar-refractivity contribution in [2.45, 2.75) is 32.4 Å². The van der Waals surface area contributed by atoms with E-state index in [0.29, 0.717) is 11.6 Å². The molecule has 1 aliphatic rings. The molecular formula is C22H25N3O3S. The van der Waals surface area contributed by atoms with Gasteiger partial charge in [0.1, 0.15) is 5.69 Å². The van der Waals surface area contributed by atoms with Crippen LogP contribution in [0.15, 0.2) is 52.4 Å². The Labute approximate surface area is 174 Å². The second-order valence-electron chi connectivity index (χ2n) is 7.37. The van der Waals surface area contributed by atoms with Crippen LogP contribution in [0.5, 0.6) is 0 Å². The average molecular weight is 412 g/mol. The number of hydrogen-bond acceptors (Lipinski definition) is 6. The van der Waals surface area contributed by atoms with Gasteiger partial charge in [0.15, 0.2) is 0 Å². The van der Waals surface area contributed by atoms with Crippen molar-refractivity contribution < 1.29 is 14.1 Å². The molecule has 0 bridgehead atoms. The van der Waals surface area contributed by atoms with Crippen molar-refractivity contribution in [2.75, 3.05) is 25.0 Å². The van der Waals surface area contributed by atoms with Crippen molar-refractivity contribution in [3.05, 3.63) is 58.3 Å². The summed E-state index contributed by atoms with van der Waals surface area (Å²) in [5.41, 5.74) is 2.84. The number of aryl methyl sites for hydroxylation is 1. The topological polar surface area (TPSA) is 67.6 Å². The van der Waals surface area contributed by atoms with Crippen LogP contribution in [-0.4, -0.2) is 41.8 Å². The van der Waals surface area contributed by atoms with E-state index in [1.165, 1.54) is 10.4 Å². The largest absolute Gasteiger partial charge is 0.377 e. The molecule has 152 valence electrons. The van der Waals surface area contributed by atoms with E-state index >= 15 is 0 Å². The highest BCUT2D eigenvalue weighted by atomic mass is 32.1. The Bertz CT molecular complexity index is 915. The molecule has 1 saturated heterocycles. The van der Waals surface area contributed by atoms with Crippen LogP contribution in [0.4, 0.5) is 5.88 Å². The molecule has 1 aromatic carbocycles. The highest BCUT2D eigenvalue weighted by Crippen LogP contribution is 2.22. The maximum Gasteiger partial charge on any atom is 0.240 e. The molecular weight excluding hydrogens is 386 g/mol. The summed E-state index contributed by atoms with van der Waals surface area (Å²) in [6, 6.07) is 13.9. The molecule has 0 radical (unpaired) electrons. The van der Waals surface area contributed by atoms with E-state index in [2.05, 4.69) is 26.8 Å². The number of carbonyl (C=O) groups is 1. The second-order valence-corrected chi connectivity index (χ2v) is 8.41. The number of nitrogens with zero attached hydrogens (tertiary/aromatic N) is 2. The third-order valence-electron chi connectivity index (χ3n) is 4.93. The predicted octanol–water partition coefficient (Wildman–Crippen LogP) is 4.33. The molecule has 4 rings (SSSR count). The summed E-state index contributed by atoms with van der Waals surface area (Å²) < 4.78 is 11.1. The van der Waals surface area contributed by atoms with Crippen molar-refractivity contribution in [2.24, 2.45) is 0 Å². The van der Waals surface area contributed by atoms with Crippen molar-refractivity contribution in [1.82, 2.24) is 10.1 Å². The van der Waals surface area contributed by atoms with Gasteiger partial charge in [-0.3, -0.25) is 15.0 Å². The molecule has 1 aliphatic heterocycles. The van der Waals surface area contributed by atoms with Crippen LogP contribution < -0.4 is 5.32 Å². The SMILES string of the molecule is Cc1ccc(-c2cc(NC(=O)CN(Cc3cccs3)C[C@H]3CCCO3)on2)cc1. The van der Waals surface area contributed by atoms with Gasteiger partial charge >= 0.3 is 0 Å². The van der Waals surface area contributed by atoms with Gasteiger partial charge in [0.25, 0.3) is 0 Å². The summed E-state index contributed by atoms with van der Waals surface area (Å²) in [5.74, 6) is 0.241. The van der Waals surface area contributed by atoms with E-state index in [-0.39, 0.29) is 18.6 Å². The van der Waals surface area contributed by atoms with Crippen molar-refractivity contribution in [1.29, 1.82) is 0 Å². The lowest BCUT2D eigenvalue weighted by molar-refractivity contribution is -0.117. The first-order valence-electron chi connectivity index (χ1n) is 9.85. The molecule has 1 N–H and O–H groups in total. The number of ether oxygens (including phenoxy) is 1. The van der Waals surface area contributed by atoms with Gasteiger partial charge in [-0.05, 0) is 31.2 Å². The van der Waals surface area contributed by atoms with Crippen LogP contribution in [0.25, 0.3) is 11.3 Å². The van der Waals surface area contributed by atoms with Gasteiger partial charge < -0.3 is 9.26 Å². The number of aromatic nitrogens is 1. The normalized spacial score (nSPS) is 16.4. The van der Waals surface area contributed by atoms with Crippen LogP contribution in [0.2, 0.25) is 0 Å². The van der Waals surface area contributed by atoms with E-state index in [0.717, 1.165) is 38.1 Å². The zero-order valence-electron chi connectivity index (χ0n) is 16.5. The van der Waals surface area contributed by atoms with E-state index in [1.807, 2.05) is 37.3 Å². The summed E-state index contributed by atoms with van der Waals surface area (Å²) in [4.78, 5) is 16.0. The molecule has 1 amide bonds. The predicted molar refractivity (Wildman–Crippen MR) is 114 cm³/mol. The molecule has 0 saturated carbocycles. The van der Waals surface area contributed by atoms with Crippen molar-refractivity contribution in [3.8, 4) is 11.3 Å². The highest BCUT2D eigenvalue weighted by Gasteiger charge is 2.22. The Hall–Kier alpha value is -2.48. The number of amides is 1. The third kappa shape index (κ3) is 5.53. The number of nitrogens with one attached hydrogen (secondary N) is 1. The standard InChI is InChI=1S/C22H25N3O3S/c1-16-6-8-17(9-7-16)20-12-22(28-24-20)23-21(26)15-25(13-18-4-2-10-27-18)14-19-5-3-11-29-19/h3,5-9,11-12,18H,2,4,10,13-15H2,1H3,(H,23,26)/t18-/m1/s1. The minimum Gasteiger partial charge on any atom is -0.377 e. The lowest BCUT2D eigenvalue weighted by atomic mass is 10.1. The first-order valence-corrected chi connectivity index (χ1v) is 10.7. The van der Waals surface area contributed by atoms with Crippen LogP contribution >= 0.6 is 11.3 Å². The number of carbonyl (C=O) groups excluding carboxylic acids is 1. The molecule has 29 heavy (non-hydrogen) atoms. The molecule has 0 aliphatic carbocycles. The quantitative estimate of drug-likeness (QED) is 0.598. The third-order valence-corrected chi connectivity index (χ3v) is 5.79. The molecule has 0 unspecified atom stereocenters. The molecule has 0 spiro atoms. The zero-order chi connectivity index (χ0) is 20.1. The molecule has 1 fully saturated rings. The number of anilines is 1. The van der Waals surface area contributed by atoms with E-state index in [4.69, 9.17) is 9.26 Å². The average Bonchev–Trinajstić information content (AvgIpc) is 3.45. The Kier molecular flexibility index (Phi) is 6.39. The minimum absolute atomic E-state index is 0.119. The smallest absolute Gasteiger partial charge is 0.240 e. The lowest BCUT2D eigenvalue weighted by Crippen LogP contribution is -2.37. The van der Waals surface area contributed by atoms with Crippen LogP contribution in [0, 0.1) is 6.92 Å². The first kappa shape index (κ1) is 19.8. The fourth-order valence-electron chi connectivity index (χ4n) is 3.46. The number of hydrogen-bond donors (Lipinski definition) is 1. The van der Waals surface area contributed by atoms with Crippen LogP contribution in [0.3, 0.4) is 0 Å². The van der Waals surface area contributed by atoms with Gasteiger partial charge in [-0.2, -0.15) is 0 Å². The monoisotopic (exact) mass is 411 g/mol. The summed E-state index contributed by atoms with van der Waals surface area (Å²) >= 11 is 1.70. The summed E-state index contributed by atoms with van der Waals surface area (Å²) in [6.07, 6.45) is 2.33. The Morgan fingerprint density at radius 3 is 2.90 bits per heavy atom. The fourth-order valence-corrected chi connectivity index (χ4v) is 4.20. The maximum absolute atomic E-state index is 12.6. The molecule has 3 heterocycles. The Morgan fingerprint density at radius 2 is 2.17 bits per heavy atom. The Morgan fingerprint density at radius 1 is 1.31 bits per heavy atom. The first-order chi connectivity index (χ1) is 14.2. The number of rotatable bonds is 8.